The molecule has 0 radical (unpaired) electrons. The van der Waals surface area contributed by atoms with Crippen LogP contribution in [0.4, 0.5) is 4.79 Å². The van der Waals surface area contributed by atoms with Crippen molar-refractivity contribution in [3.63, 3.8) is 0 Å². The van der Waals surface area contributed by atoms with Gasteiger partial charge in [0, 0.05) is 23.0 Å². The average Bonchev–Trinajstić information content (AvgIpc) is 2.75. The fraction of sp³-hybridized carbons (Fsp3) is 0.500. The Morgan fingerprint density at radius 1 is 1.27 bits per heavy atom. The highest BCUT2D eigenvalue weighted by Crippen LogP contribution is 2.30. The number of ether oxygens (including phenoxy) is 1. The quantitative estimate of drug-likeness (QED) is 0.651. The number of H-pyrrole nitrogens is 1. The molecule has 2 amide bonds. The summed E-state index contributed by atoms with van der Waals surface area (Å²) < 4.78 is 5.19. The maximum atomic E-state index is 13.0. The minimum absolute atomic E-state index is 0.0625. The number of hydrogen-bond donors (Lipinski definition) is 2. The maximum Gasteiger partial charge on any atom is 0.408 e. The van der Waals surface area contributed by atoms with Crippen molar-refractivity contribution in [3.8, 4) is 11.4 Å². The van der Waals surface area contributed by atoms with Gasteiger partial charge in [0.25, 0.3) is 5.56 Å². The Bertz CT molecular complexity index is 1060. The van der Waals surface area contributed by atoms with Gasteiger partial charge >= 0.3 is 6.09 Å². The molecule has 2 aromatic rings. The number of carbonyl (C=O) groups is 2. The first-order chi connectivity index (χ1) is 15.6. The molecule has 8 nitrogen and oxygen atoms in total. The Morgan fingerprint density at radius 3 is 2.61 bits per heavy atom. The number of alkyl carbamates (subject to hydrolysis) is 1. The van der Waals surface area contributed by atoms with Gasteiger partial charge in [0.15, 0.2) is 0 Å². The van der Waals surface area contributed by atoms with Crippen LogP contribution in [0.5, 0.6) is 0 Å². The lowest BCUT2D eigenvalue weighted by molar-refractivity contribution is -0.131. The number of fused-ring (bicyclic) bond motifs is 1. The molecular weight excluding hydrogens is 444 g/mol. The molecule has 178 valence electrons. The zero-order valence-electron chi connectivity index (χ0n) is 19.5. The molecule has 0 saturated heterocycles. The largest absolute Gasteiger partial charge is 0.444 e. The van der Waals surface area contributed by atoms with Crippen molar-refractivity contribution >= 4 is 23.6 Å². The van der Waals surface area contributed by atoms with Crippen LogP contribution in [0.3, 0.4) is 0 Å². The molecule has 0 aliphatic carbocycles. The molecule has 0 spiro atoms. The molecule has 9 heteroatoms. The van der Waals surface area contributed by atoms with E-state index in [0.29, 0.717) is 23.0 Å². The number of aromatic amines is 1. The molecule has 3 rings (SSSR count). The van der Waals surface area contributed by atoms with Crippen LogP contribution in [-0.4, -0.2) is 45.6 Å². The second-order valence-electron chi connectivity index (χ2n) is 9.25. The lowest BCUT2D eigenvalue weighted by Crippen LogP contribution is -2.46. The van der Waals surface area contributed by atoms with E-state index in [4.69, 9.17) is 21.3 Å². The number of amides is 2. The van der Waals surface area contributed by atoms with Gasteiger partial charge in [-0.3, -0.25) is 9.59 Å². The average molecular weight is 475 g/mol. The van der Waals surface area contributed by atoms with Gasteiger partial charge in [-0.15, -0.1) is 0 Å². The lowest BCUT2D eigenvalue weighted by Gasteiger charge is -2.34. The summed E-state index contributed by atoms with van der Waals surface area (Å²) in [5, 5.41) is 3.11. The minimum Gasteiger partial charge on any atom is -0.444 e. The number of halogens is 1. The fourth-order valence-corrected chi connectivity index (χ4v) is 3.93. The smallest absolute Gasteiger partial charge is 0.408 e. The van der Waals surface area contributed by atoms with E-state index in [0.717, 1.165) is 30.5 Å². The zero-order chi connectivity index (χ0) is 24.2. The summed E-state index contributed by atoms with van der Waals surface area (Å²) in [5.74, 6) is 0.157. The third-order valence-electron chi connectivity index (χ3n) is 5.38. The number of nitrogens with one attached hydrogen (secondary N) is 2. The van der Waals surface area contributed by atoms with Crippen LogP contribution in [0.25, 0.3) is 11.4 Å². The molecule has 0 fully saturated rings. The summed E-state index contributed by atoms with van der Waals surface area (Å²) in [6, 6.07) is 7.13. The summed E-state index contributed by atoms with van der Waals surface area (Å²) in [5.41, 5.74) is 1.09. The molecule has 0 saturated carbocycles. The molecule has 33 heavy (non-hydrogen) atoms. The van der Waals surface area contributed by atoms with Crippen LogP contribution in [0.2, 0.25) is 5.02 Å². The lowest BCUT2D eigenvalue weighted by atomic mass is 9.90. The normalized spacial score (nSPS) is 15.7. The third kappa shape index (κ3) is 6.57. The standard InChI is InChI=1S/C24H31ClN4O4/c1-5-6-7-16-13-29(19(30)12-26-23(32)33-24(2,3)4)14-18-20(16)27-21(28-22(18)31)15-8-10-17(25)11-9-15/h8-11,16H,5-7,12-14H2,1-4H3,(H,26,32)(H,27,28,31). The van der Waals surface area contributed by atoms with Gasteiger partial charge in [-0.05, 0) is 51.5 Å². The summed E-state index contributed by atoms with van der Waals surface area (Å²) in [7, 11) is 0. The number of aromatic nitrogens is 2. The molecule has 2 N–H and O–H groups in total. The summed E-state index contributed by atoms with van der Waals surface area (Å²) in [6.45, 7) is 7.76. The first-order valence-corrected chi connectivity index (χ1v) is 11.6. The Balaban J connectivity index is 1.82. The van der Waals surface area contributed by atoms with Crippen LogP contribution in [-0.2, 0) is 16.1 Å². The van der Waals surface area contributed by atoms with Crippen molar-refractivity contribution in [1.29, 1.82) is 0 Å². The summed E-state index contributed by atoms with van der Waals surface area (Å²) >= 11 is 5.98. The number of benzene rings is 1. The van der Waals surface area contributed by atoms with E-state index < -0.39 is 11.7 Å². The van der Waals surface area contributed by atoms with Crippen molar-refractivity contribution in [3.05, 3.63) is 50.9 Å². The van der Waals surface area contributed by atoms with Crippen molar-refractivity contribution in [2.24, 2.45) is 0 Å². The molecule has 1 unspecified atom stereocenters. The predicted octanol–water partition coefficient (Wildman–Crippen LogP) is 4.23. The van der Waals surface area contributed by atoms with Crippen molar-refractivity contribution < 1.29 is 14.3 Å². The van der Waals surface area contributed by atoms with E-state index in [9.17, 15) is 14.4 Å². The fourth-order valence-electron chi connectivity index (χ4n) is 3.80. The molecule has 1 aromatic carbocycles. The SMILES string of the molecule is CCCCC1CN(C(=O)CNC(=O)OC(C)(C)C)Cc2c1nc(-c1ccc(Cl)cc1)[nH]c2=O. The first kappa shape index (κ1) is 24.8. The van der Waals surface area contributed by atoms with E-state index in [1.54, 1.807) is 37.8 Å². The van der Waals surface area contributed by atoms with Gasteiger partial charge in [-0.25, -0.2) is 9.78 Å². The molecule has 1 aliphatic heterocycles. The van der Waals surface area contributed by atoms with Crippen LogP contribution < -0.4 is 10.9 Å². The highest BCUT2D eigenvalue weighted by atomic mass is 35.5. The minimum atomic E-state index is -0.650. The number of rotatable bonds is 6. The number of nitrogens with zero attached hydrogens (tertiary/aromatic N) is 2. The van der Waals surface area contributed by atoms with Crippen LogP contribution in [0.1, 0.15) is 64.1 Å². The number of unbranched alkanes of at least 4 members (excludes halogenated alkanes) is 1. The Kier molecular flexibility index (Phi) is 7.79. The second-order valence-corrected chi connectivity index (χ2v) is 9.69. The van der Waals surface area contributed by atoms with E-state index in [-0.39, 0.29) is 30.5 Å². The summed E-state index contributed by atoms with van der Waals surface area (Å²) in [6.07, 6.45) is 2.10. The van der Waals surface area contributed by atoms with Gasteiger partial charge < -0.3 is 19.9 Å². The first-order valence-electron chi connectivity index (χ1n) is 11.2. The second kappa shape index (κ2) is 10.4. The maximum absolute atomic E-state index is 13.0. The van der Waals surface area contributed by atoms with Crippen LogP contribution >= 0.6 is 11.6 Å². The molecule has 0 bridgehead atoms. The van der Waals surface area contributed by atoms with Crippen molar-refractivity contribution in [1.82, 2.24) is 20.2 Å². The van der Waals surface area contributed by atoms with Crippen LogP contribution in [0.15, 0.2) is 29.1 Å². The number of carbonyl (C=O) groups excluding carboxylic acids is 2. The Hall–Kier alpha value is -2.87. The predicted molar refractivity (Wildman–Crippen MR) is 127 cm³/mol. The highest BCUT2D eigenvalue weighted by Gasteiger charge is 2.32. The van der Waals surface area contributed by atoms with Crippen molar-refractivity contribution in [2.45, 2.75) is 65.0 Å². The van der Waals surface area contributed by atoms with E-state index >= 15 is 0 Å². The van der Waals surface area contributed by atoms with E-state index in [1.165, 1.54) is 0 Å². The van der Waals surface area contributed by atoms with Crippen molar-refractivity contribution in [2.75, 3.05) is 13.1 Å². The summed E-state index contributed by atoms with van der Waals surface area (Å²) in [4.78, 5) is 47.0. The third-order valence-corrected chi connectivity index (χ3v) is 5.64. The van der Waals surface area contributed by atoms with Crippen LogP contribution in [0, 0.1) is 0 Å². The molecule has 1 aromatic heterocycles. The topological polar surface area (TPSA) is 104 Å². The monoisotopic (exact) mass is 474 g/mol. The van der Waals surface area contributed by atoms with Gasteiger partial charge in [0.1, 0.15) is 18.0 Å². The molecule has 1 aliphatic rings. The van der Waals surface area contributed by atoms with Gasteiger partial charge in [-0.1, -0.05) is 31.4 Å². The Labute approximate surface area is 198 Å². The highest BCUT2D eigenvalue weighted by molar-refractivity contribution is 6.30. The number of hydrogen-bond acceptors (Lipinski definition) is 5. The van der Waals surface area contributed by atoms with Gasteiger partial charge in [0.2, 0.25) is 5.91 Å². The molecule has 2 heterocycles. The zero-order valence-corrected chi connectivity index (χ0v) is 20.3. The van der Waals surface area contributed by atoms with E-state index in [2.05, 4.69) is 17.2 Å². The van der Waals surface area contributed by atoms with Gasteiger partial charge in [-0.2, -0.15) is 0 Å². The molecule has 1 atom stereocenters. The van der Waals surface area contributed by atoms with Gasteiger partial charge in [0.05, 0.1) is 17.8 Å². The molecular formula is C24H31ClN4O4. The Morgan fingerprint density at radius 2 is 1.97 bits per heavy atom. The van der Waals surface area contributed by atoms with E-state index in [1.807, 2.05) is 12.1 Å².